The number of carboxylic acid groups (broad SMARTS) is 1. The van der Waals surface area contributed by atoms with Gasteiger partial charge in [0.2, 0.25) is 5.90 Å². The number of carbonyl (C=O) groups excluding carboxylic acids is 1. The van der Waals surface area contributed by atoms with Gasteiger partial charge < -0.3 is 15.2 Å². The summed E-state index contributed by atoms with van der Waals surface area (Å²) in [5, 5.41) is 20.1. The van der Waals surface area contributed by atoms with Crippen LogP contribution in [-0.4, -0.2) is 35.0 Å². The number of fused-ring (bicyclic) bond motifs is 1. The molecular formula is C30H31N3O4. The molecule has 0 radical (unpaired) electrons. The summed E-state index contributed by atoms with van der Waals surface area (Å²) in [6.45, 7) is 6.64. The van der Waals surface area contributed by atoms with Crippen molar-refractivity contribution in [2.24, 2.45) is 5.92 Å². The fourth-order valence-electron chi connectivity index (χ4n) is 4.65. The molecule has 0 saturated heterocycles. The number of benzene rings is 2. The van der Waals surface area contributed by atoms with E-state index >= 15 is 0 Å². The number of methoxy groups -OCH3 is 1. The Morgan fingerprint density at radius 2 is 1.86 bits per heavy atom. The molecule has 3 aromatic rings. The van der Waals surface area contributed by atoms with Crippen molar-refractivity contribution >= 4 is 23.9 Å². The Hall–Kier alpha value is -4.26. The number of aryl methyl sites for hydroxylation is 1. The summed E-state index contributed by atoms with van der Waals surface area (Å²) in [5.74, 6) is -0.415. The normalized spacial score (nSPS) is 16.7. The van der Waals surface area contributed by atoms with Gasteiger partial charge in [0, 0.05) is 18.3 Å². The summed E-state index contributed by atoms with van der Waals surface area (Å²) < 4.78 is 5.23. The van der Waals surface area contributed by atoms with Gasteiger partial charge in [-0.3, -0.25) is 15.2 Å². The van der Waals surface area contributed by atoms with Crippen molar-refractivity contribution in [2.75, 3.05) is 7.11 Å². The average Bonchev–Trinajstić information content (AvgIpc) is 3.02. The van der Waals surface area contributed by atoms with Gasteiger partial charge in [0.25, 0.3) is 5.91 Å². The van der Waals surface area contributed by atoms with E-state index in [0.717, 1.165) is 39.8 Å². The minimum atomic E-state index is -0.989. The number of rotatable bonds is 6. The first-order valence-corrected chi connectivity index (χ1v) is 12.2. The van der Waals surface area contributed by atoms with Gasteiger partial charge in [0.15, 0.2) is 0 Å². The molecule has 1 aliphatic carbocycles. The second-order valence-electron chi connectivity index (χ2n) is 9.59. The number of aromatic carboxylic acids is 1. The zero-order valence-electron chi connectivity index (χ0n) is 21.5. The predicted octanol–water partition coefficient (Wildman–Crippen LogP) is 5.84. The van der Waals surface area contributed by atoms with E-state index in [0.29, 0.717) is 17.5 Å². The molecule has 2 aromatic carbocycles. The van der Waals surface area contributed by atoms with Gasteiger partial charge in [-0.15, -0.1) is 0 Å². The van der Waals surface area contributed by atoms with Crippen molar-refractivity contribution in [1.82, 2.24) is 10.3 Å². The zero-order valence-corrected chi connectivity index (χ0v) is 21.5. The fourth-order valence-corrected chi connectivity index (χ4v) is 4.65. The number of carboxylic acids is 1. The van der Waals surface area contributed by atoms with Crippen molar-refractivity contribution in [3.63, 3.8) is 0 Å². The summed E-state index contributed by atoms with van der Waals surface area (Å²) in [4.78, 5) is 28.2. The van der Waals surface area contributed by atoms with E-state index in [1.807, 2.05) is 13.0 Å². The maximum atomic E-state index is 12.9. The molecule has 1 amide bonds. The quantitative estimate of drug-likeness (QED) is 0.293. The molecule has 1 heterocycles. The minimum absolute atomic E-state index is 0.189. The van der Waals surface area contributed by atoms with Crippen LogP contribution in [0.25, 0.3) is 17.2 Å². The summed E-state index contributed by atoms with van der Waals surface area (Å²) in [7, 11) is 1.53. The minimum Gasteiger partial charge on any atom is -0.481 e. The lowest BCUT2D eigenvalue weighted by molar-refractivity contribution is 0.0696. The Kier molecular flexibility index (Phi) is 7.53. The lowest BCUT2D eigenvalue weighted by atomic mass is 9.85. The van der Waals surface area contributed by atoms with Crippen molar-refractivity contribution in [3.05, 3.63) is 93.8 Å². The molecule has 0 aliphatic heterocycles. The molecule has 37 heavy (non-hydrogen) atoms. The molecule has 0 spiro atoms. The topological polar surface area (TPSA) is 112 Å². The third-order valence-corrected chi connectivity index (χ3v) is 7.10. The van der Waals surface area contributed by atoms with Crippen LogP contribution in [0.4, 0.5) is 0 Å². The first-order valence-electron chi connectivity index (χ1n) is 12.2. The summed E-state index contributed by atoms with van der Waals surface area (Å²) >= 11 is 0. The van der Waals surface area contributed by atoms with Gasteiger partial charge in [-0.2, -0.15) is 0 Å². The van der Waals surface area contributed by atoms with Crippen LogP contribution in [-0.2, 0) is 11.3 Å². The summed E-state index contributed by atoms with van der Waals surface area (Å²) in [6, 6.07) is 14.5. The molecule has 4 rings (SSSR count). The molecule has 190 valence electrons. The van der Waals surface area contributed by atoms with Crippen LogP contribution < -0.4 is 5.32 Å². The first-order chi connectivity index (χ1) is 17.7. The second kappa shape index (κ2) is 10.8. The Morgan fingerprint density at radius 1 is 1.14 bits per heavy atom. The number of pyridine rings is 1. The summed E-state index contributed by atoms with van der Waals surface area (Å²) in [5.41, 5.74) is 7.29. The third-order valence-electron chi connectivity index (χ3n) is 7.10. The number of hydrogen-bond donors (Lipinski definition) is 3. The lowest BCUT2D eigenvalue weighted by Gasteiger charge is -2.20. The maximum Gasteiger partial charge on any atom is 0.335 e. The zero-order chi connectivity index (χ0) is 26.7. The van der Waals surface area contributed by atoms with E-state index in [9.17, 15) is 9.59 Å². The number of hydrogen-bond acceptors (Lipinski definition) is 5. The molecule has 2 atom stereocenters. The van der Waals surface area contributed by atoms with Gasteiger partial charge >= 0.3 is 5.97 Å². The lowest BCUT2D eigenvalue weighted by Crippen LogP contribution is -2.24. The van der Waals surface area contributed by atoms with E-state index < -0.39 is 5.97 Å². The van der Waals surface area contributed by atoms with Crippen LogP contribution in [0.3, 0.4) is 0 Å². The number of nitrogens with one attached hydrogen (secondary N) is 2. The van der Waals surface area contributed by atoms with E-state index in [4.69, 9.17) is 15.3 Å². The smallest absolute Gasteiger partial charge is 0.335 e. The van der Waals surface area contributed by atoms with Gasteiger partial charge in [-0.25, -0.2) is 4.79 Å². The first kappa shape index (κ1) is 25.8. The van der Waals surface area contributed by atoms with Gasteiger partial charge in [0.1, 0.15) is 5.69 Å². The van der Waals surface area contributed by atoms with Crippen molar-refractivity contribution < 1.29 is 19.4 Å². The average molecular weight is 498 g/mol. The van der Waals surface area contributed by atoms with Crippen LogP contribution in [0.2, 0.25) is 0 Å². The van der Waals surface area contributed by atoms with Crippen molar-refractivity contribution in [3.8, 4) is 11.1 Å². The van der Waals surface area contributed by atoms with Crippen LogP contribution in [0.5, 0.6) is 0 Å². The summed E-state index contributed by atoms with van der Waals surface area (Å²) in [6.07, 6.45) is 4.52. The Labute approximate surface area is 216 Å². The van der Waals surface area contributed by atoms with Crippen LogP contribution in [0.15, 0.2) is 60.3 Å². The fraction of sp³-hybridized carbons (Fsp3) is 0.267. The Bertz CT molecular complexity index is 1390. The SMILES string of the molecule is COC(=N)C1=Cc2cc(-c3cc(C(=O)NCc4ccc(C(=O)O)cc4)ncc3C)ccc2C(C)C(C)C1. The molecule has 7 heteroatoms. The molecule has 1 aliphatic rings. The molecule has 3 N–H and O–H groups in total. The van der Waals surface area contributed by atoms with E-state index in [-0.39, 0.29) is 23.9 Å². The van der Waals surface area contributed by atoms with Crippen LogP contribution in [0.1, 0.15) is 69.3 Å². The monoisotopic (exact) mass is 497 g/mol. The van der Waals surface area contributed by atoms with E-state index in [1.165, 1.54) is 24.8 Å². The second-order valence-corrected chi connectivity index (χ2v) is 9.59. The highest BCUT2D eigenvalue weighted by Crippen LogP contribution is 2.38. The molecule has 0 bridgehead atoms. The molecule has 1 aromatic heterocycles. The Morgan fingerprint density at radius 3 is 2.54 bits per heavy atom. The largest absolute Gasteiger partial charge is 0.481 e. The number of ether oxygens (including phenoxy) is 1. The standard InChI is InChI=1S/C30H31N3O4/c1-17-11-24(28(31)37-4)13-23-12-22(9-10-25(23)19(17)3)26-14-27(32-15-18(26)2)29(34)33-16-20-5-7-21(8-6-20)30(35)36/h5-10,12-15,17,19,31H,11,16H2,1-4H3,(H,33,34)(H,35,36). The molecule has 0 saturated carbocycles. The number of aromatic nitrogens is 1. The molecule has 7 nitrogen and oxygen atoms in total. The van der Waals surface area contributed by atoms with Crippen molar-refractivity contribution in [1.29, 1.82) is 5.41 Å². The van der Waals surface area contributed by atoms with Crippen LogP contribution >= 0.6 is 0 Å². The third kappa shape index (κ3) is 5.61. The number of amides is 1. The highest BCUT2D eigenvalue weighted by atomic mass is 16.5. The number of nitrogens with zero attached hydrogens (tertiary/aromatic N) is 1. The van der Waals surface area contributed by atoms with E-state index in [2.05, 4.69) is 42.3 Å². The molecular weight excluding hydrogens is 466 g/mol. The van der Waals surface area contributed by atoms with Gasteiger partial charge in [-0.05, 0) is 88.9 Å². The highest BCUT2D eigenvalue weighted by Gasteiger charge is 2.24. The van der Waals surface area contributed by atoms with Gasteiger partial charge in [0.05, 0.1) is 12.7 Å². The van der Waals surface area contributed by atoms with Gasteiger partial charge in [-0.1, -0.05) is 38.1 Å². The maximum absolute atomic E-state index is 12.9. The van der Waals surface area contributed by atoms with E-state index in [1.54, 1.807) is 24.4 Å². The molecule has 0 fully saturated rings. The Balaban J connectivity index is 1.61. The number of carbonyl (C=O) groups is 2. The highest BCUT2D eigenvalue weighted by molar-refractivity contribution is 5.97. The molecule has 2 unspecified atom stereocenters. The van der Waals surface area contributed by atoms with Crippen LogP contribution in [0, 0.1) is 18.3 Å². The van der Waals surface area contributed by atoms with Crippen molar-refractivity contribution in [2.45, 2.75) is 39.7 Å². The predicted molar refractivity (Wildman–Crippen MR) is 144 cm³/mol.